The molecule has 1 aromatic rings. The average molecular weight is 314 g/mol. The van der Waals surface area contributed by atoms with Crippen LogP contribution in [-0.2, 0) is 4.79 Å². The number of piperazine rings is 1. The second kappa shape index (κ2) is 6.28. The first-order chi connectivity index (χ1) is 9.70. The molecule has 0 unspecified atom stereocenters. The number of nitrogens with zero attached hydrogens (tertiary/aromatic N) is 3. The van der Waals surface area contributed by atoms with E-state index >= 15 is 0 Å². The van der Waals surface area contributed by atoms with Crippen molar-refractivity contribution in [3.05, 3.63) is 0 Å². The van der Waals surface area contributed by atoms with Gasteiger partial charge in [0, 0.05) is 6.04 Å². The third kappa shape index (κ3) is 3.83. The quantitative estimate of drug-likeness (QED) is 0.722. The first-order valence-corrected chi connectivity index (χ1v) is 8.83. The van der Waals surface area contributed by atoms with Gasteiger partial charge in [-0.05, 0) is 12.8 Å². The minimum Gasteiger partial charge on any atom is -0.357 e. The van der Waals surface area contributed by atoms with Gasteiger partial charge in [-0.2, -0.15) is 0 Å². The summed E-state index contributed by atoms with van der Waals surface area (Å²) in [7, 11) is 2.17. The molecule has 1 saturated heterocycles. The molecule has 1 saturated carbocycles. The number of anilines is 1. The fraction of sp³-hybridized carbons (Fsp3) is 0.750. The second-order valence-electron chi connectivity index (χ2n) is 5.42. The molecular formula is C12H20N5OS2+. The molecule has 1 amide bonds. The summed E-state index contributed by atoms with van der Waals surface area (Å²) in [6.07, 6.45) is 2.46. The number of rotatable bonds is 5. The number of hydrogen-bond donors (Lipinski definition) is 2. The molecule has 2 fully saturated rings. The van der Waals surface area contributed by atoms with Crippen LogP contribution in [0.25, 0.3) is 0 Å². The smallest absolute Gasteiger partial charge is 0.233 e. The Kier molecular flexibility index (Phi) is 4.42. The summed E-state index contributed by atoms with van der Waals surface area (Å²) in [5, 5.41) is 12.4. The van der Waals surface area contributed by atoms with Gasteiger partial charge in [0.25, 0.3) is 0 Å². The van der Waals surface area contributed by atoms with E-state index in [0.29, 0.717) is 11.8 Å². The topological polar surface area (TPSA) is 62.6 Å². The van der Waals surface area contributed by atoms with Crippen molar-refractivity contribution in [1.82, 2.24) is 15.1 Å². The van der Waals surface area contributed by atoms with Crippen LogP contribution in [0, 0.1) is 0 Å². The molecule has 2 heterocycles. The molecule has 0 radical (unpaired) electrons. The van der Waals surface area contributed by atoms with E-state index in [0.717, 1.165) is 35.7 Å². The summed E-state index contributed by atoms with van der Waals surface area (Å²) in [6, 6.07) is 0.593. The standard InChI is InChI=1S/C12H19N5OS2/c1-16-4-6-17(7-5-16)10(18)8-19-12-15-14-11(20-12)13-9-2-3-9/h9H,2-8H2,1H3,(H,13,14)/p+1. The van der Waals surface area contributed by atoms with E-state index in [2.05, 4.69) is 22.6 Å². The van der Waals surface area contributed by atoms with Crippen LogP contribution in [-0.4, -0.2) is 66.0 Å². The minimum absolute atomic E-state index is 0.217. The van der Waals surface area contributed by atoms with Crippen LogP contribution in [0.5, 0.6) is 0 Å². The maximum absolute atomic E-state index is 12.1. The molecule has 1 aromatic heterocycles. The first kappa shape index (κ1) is 14.1. The Bertz CT molecular complexity index is 468. The van der Waals surface area contributed by atoms with E-state index < -0.39 is 0 Å². The van der Waals surface area contributed by atoms with Crippen molar-refractivity contribution in [3.8, 4) is 0 Å². The Labute approximate surface area is 126 Å². The van der Waals surface area contributed by atoms with Gasteiger partial charge in [0.15, 0.2) is 4.34 Å². The number of hydrogen-bond acceptors (Lipinski definition) is 6. The number of thioether (sulfide) groups is 1. The molecule has 1 aliphatic carbocycles. The van der Waals surface area contributed by atoms with Gasteiger partial charge >= 0.3 is 0 Å². The number of carbonyl (C=O) groups is 1. The van der Waals surface area contributed by atoms with Crippen LogP contribution >= 0.6 is 23.1 Å². The van der Waals surface area contributed by atoms with E-state index in [1.807, 2.05) is 4.90 Å². The van der Waals surface area contributed by atoms with Crippen LogP contribution in [0.4, 0.5) is 5.13 Å². The van der Waals surface area contributed by atoms with Gasteiger partial charge in [0.1, 0.15) is 0 Å². The van der Waals surface area contributed by atoms with Crippen LogP contribution in [0.2, 0.25) is 0 Å². The van der Waals surface area contributed by atoms with Crippen molar-refractivity contribution >= 4 is 34.1 Å². The molecule has 0 atom stereocenters. The fourth-order valence-corrected chi connectivity index (χ4v) is 3.81. The summed E-state index contributed by atoms with van der Waals surface area (Å²) in [6.45, 7) is 3.83. The van der Waals surface area contributed by atoms with Crippen LogP contribution in [0.3, 0.4) is 0 Å². The summed E-state index contributed by atoms with van der Waals surface area (Å²) in [5.41, 5.74) is 0. The van der Waals surface area contributed by atoms with Gasteiger partial charge in [0.2, 0.25) is 11.0 Å². The SMILES string of the molecule is C[NH+]1CCN(C(=O)CSc2nnc(NC3CC3)s2)CC1. The average Bonchev–Trinajstić information content (AvgIpc) is 3.14. The number of nitrogens with one attached hydrogen (secondary N) is 2. The van der Waals surface area contributed by atoms with E-state index in [4.69, 9.17) is 0 Å². The van der Waals surface area contributed by atoms with Crippen molar-refractivity contribution in [2.24, 2.45) is 0 Å². The molecular weight excluding hydrogens is 294 g/mol. The molecule has 110 valence electrons. The predicted molar refractivity (Wildman–Crippen MR) is 80.5 cm³/mol. The molecule has 6 nitrogen and oxygen atoms in total. The normalized spacial score (nSPS) is 20.1. The number of likely N-dealkylation sites (N-methyl/N-ethyl adjacent to an activating group) is 1. The Hall–Kier alpha value is -0.860. The lowest BCUT2D eigenvalue weighted by atomic mass is 10.3. The van der Waals surface area contributed by atoms with Crippen molar-refractivity contribution in [1.29, 1.82) is 0 Å². The Morgan fingerprint density at radius 2 is 2.20 bits per heavy atom. The summed E-state index contributed by atoms with van der Waals surface area (Å²) in [5.74, 6) is 0.686. The van der Waals surface area contributed by atoms with Gasteiger partial charge in [-0.3, -0.25) is 4.79 Å². The predicted octanol–water partition coefficient (Wildman–Crippen LogP) is -0.439. The van der Waals surface area contributed by atoms with Gasteiger partial charge in [-0.25, -0.2) is 0 Å². The zero-order valence-corrected chi connectivity index (χ0v) is 13.2. The Morgan fingerprint density at radius 1 is 1.45 bits per heavy atom. The molecule has 1 aliphatic heterocycles. The Morgan fingerprint density at radius 3 is 2.90 bits per heavy atom. The second-order valence-corrected chi connectivity index (χ2v) is 7.62. The van der Waals surface area contributed by atoms with Crippen molar-refractivity contribution in [2.75, 3.05) is 44.3 Å². The molecule has 0 bridgehead atoms. The van der Waals surface area contributed by atoms with E-state index in [-0.39, 0.29) is 5.91 Å². The number of carbonyl (C=O) groups excluding carboxylic acids is 1. The van der Waals surface area contributed by atoms with Gasteiger partial charge in [0.05, 0.1) is 39.0 Å². The number of amides is 1. The maximum Gasteiger partial charge on any atom is 0.233 e. The zero-order valence-electron chi connectivity index (χ0n) is 11.6. The van der Waals surface area contributed by atoms with Crippen molar-refractivity contribution in [2.45, 2.75) is 23.2 Å². The van der Waals surface area contributed by atoms with Crippen LogP contribution in [0.15, 0.2) is 4.34 Å². The van der Waals surface area contributed by atoms with Crippen molar-refractivity contribution in [3.63, 3.8) is 0 Å². The summed E-state index contributed by atoms with van der Waals surface area (Å²) in [4.78, 5) is 15.6. The van der Waals surface area contributed by atoms with Gasteiger partial charge in [-0.1, -0.05) is 23.1 Å². The van der Waals surface area contributed by atoms with E-state index in [1.165, 1.54) is 29.5 Å². The van der Waals surface area contributed by atoms with Crippen LogP contribution < -0.4 is 10.2 Å². The highest BCUT2D eigenvalue weighted by Crippen LogP contribution is 2.30. The van der Waals surface area contributed by atoms with E-state index in [9.17, 15) is 4.79 Å². The van der Waals surface area contributed by atoms with Gasteiger partial charge < -0.3 is 15.1 Å². The molecule has 2 N–H and O–H groups in total. The summed E-state index contributed by atoms with van der Waals surface area (Å²) >= 11 is 3.04. The number of aromatic nitrogens is 2. The summed E-state index contributed by atoms with van der Waals surface area (Å²) < 4.78 is 0.876. The third-order valence-electron chi connectivity index (χ3n) is 3.60. The molecule has 8 heteroatoms. The van der Waals surface area contributed by atoms with Crippen LogP contribution in [0.1, 0.15) is 12.8 Å². The lowest BCUT2D eigenvalue weighted by molar-refractivity contribution is -0.883. The molecule has 20 heavy (non-hydrogen) atoms. The molecule has 0 spiro atoms. The molecule has 3 rings (SSSR count). The number of quaternary nitrogens is 1. The minimum atomic E-state index is 0.217. The first-order valence-electron chi connectivity index (χ1n) is 7.02. The lowest BCUT2D eigenvalue weighted by Gasteiger charge is -2.29. The molecule has 0 aromatic carbocycles. The Balaban J connectivity index is 1.43. The lowest BCUT2D eigenvalue weighted by Crippen LogP contribution is -3.12. The highest BCUT2D eigenvalue weighted by atomic mass is 32.2. The van der Waals surface area contributed by atoms with E-state index in [1.54, 1.807) is 11.3 Å². The highest BCUT2D eigenvalue weighted by molar-refractivity contribution is 8.01. The fourth-order valence-electron chi connectivity index (χ4n) is 2.08. The molecule has 2 aliphatic rings. The zero-order chi connectivity index (χ0) is 13.9. The highest BCUT2D eigenvalue weighted by Gasteiger charge is 2.23. The van der Waals surface area contributed by atoms with Crippen molar-refractivity contribution < 1.29 is 9.69 Å². The largest absolute Gasteiger partial charge is 0.357 e. The van der Waals surface area contributed by atoms with Gasteiger partial charge in [-0.15, -0.1) is 10.2 Å². The third-order valence-corrected chi connectivity index (χ3v) is 5.57. The monoisotopic (exact) mass is 314 g/mol. The maximum atomic E-state index is 12.1.